The molecule has 0 spiro atoms. The highest BCUT2D eigenvalue weighted by atomic mass is 16.2. The molecule has 2 atom stereocenters. The van der Waals surface area contributed by atoms with Gasteiger partial charge in [-0.15, -0.1) is 5.10 Å². The van der Waals surface area contributed by atoms with Crippen molar-refractivity contribution < 1.29 is 4.79 Å². The van der Waals surface area contributed by atoms with E-state index in [1.165, 1.54) is 12.8 Å². The van der Waals surface area contributed by atoms with Crippen LogP contribution in [0.15, 0.2) is 12.1 Å². The number of aromatic nitrogens is 2. The average molecular weight is 288 g/mol. The Morgan fingerprint density at radius 2 is 2.05 bits per heavy atom. The zero-order valence-corrected chi connectivity index (χ0v) is 13.0. The minimum atomic E-state index is -0.104. The topological polar surface area (TPSA) is 58.1 Å². The maximum absolute atomic E-state index is 12.3. The van der Waals surface area contributed by atoms with Crippen LogP contribution in [-0.4, -0.2) is 46.2 Å². The number of carbonyl (C=O) groups is 1. The molecule has 1 saturated heterocycles. The summed E-state index contributed by atoms with van der Waals surface area (Å²) in [7, 11) is 0. The molecular weight excluding hydrogens is 264 g/mol. The molecule has 3 rings (SSSR count). The fourth-order valence-electron chi connectivity index (χ4n) is 2.92. The minimum absolute atomic E-state index is 0.104. The second-order valence-corrected chi connectivity index (χ2v) is 6.72. The fraction of sp³-hybridized carbons (Fsp3) is 0.688. The van der Waals surface area contributed by atoms with Gasteiger partial charge in [0.15, 0.2) is 5.69 Å². The Morgan fingerprint density at radius 1 is 1.29 bits per heavy atom. The predicted octanol–water partition coefficient (Wildman–Crippen LogP) is 1.81. The lowest BCUT2D eigenvalue weighted by atomic mass is 10.1. The maximum atomic E-state index is 12.3. The van der Waals surface area contributed by atoms with Crippen molar-refractivity contribution in [3.63, 3.8) is 0 Å². The first-order valence-corrected chi connectivity index (χ1v) is 7.93. The summed E-state index contributed by atoms with van der Waals surface area (Å²) in [6, 6.07) is 4.46. The van der Waals surface area contributed by atoms with E-state index in [0.717, 1.165) is 18.8 Å². The summed E-state index contributed by atoms with van der Waals surface area (Å²) in [4.78, 5) is 14.7. The molecule has 2 fully saturated rings. The Kier molecular flexibility index (Phi) is 3.93. The fourth-order valence-corrected chi connectivity index (χ4v) is 2.92. The van der Waals surface area contributed by atoms with E-state index < -0.39 is 0 Å². The van der Waals surface area contributed by atoms with Gasteiger partial charge in [-0.25, -0.2) is 0 Å². The summed E-state index contributed by atoms with van der Waals surface area (Å²) >= 11 is 0. The highest BCUT2D eigenvalue weighted by molar-refractivity contribution is 5.92. The zero-order valence-electron chi connectivity index (χ0n) is 13.0. The van der Waals surface area contributed by atoms with Gasteiger partial charge in [0.1, 0.15) is 0 Å². The molecule has 0 bridgehead atoms. The summed E-state index contributed by atoms with van der Waals surface area (Å²) in [6.07, 6.45) is 2.40. The van der Waals surface area contributed by atoms with Crippen LogP contribution in [-0.2, 0) is 0 Å². The van der Waals surface area contributed by atoms with Crippen LogP contribution in [0.2, 0.25) is 0 Å². The summed E-state index contributed by atoms with van der Waals surface area (Å²) < 4.78 is 0. The van der Waals surface area contributed by atoms with Crippen LogP contribution in [0.1, 0.15) is 55.7 Å². The van der Waals surface area contributed by atoms with Crippen LogP contribution in [0, 0.1) is 5.92 Å². The normalized spacial score (nSPS) is 26.3. The molecule has 21 heavy (non-hydrogen) atoms. The molecule has 5 heteroatoms. The molecule has 2 heterocycles. The van der Waals surface area contributed by atoms with Crippen LogP contribution in [0.25, 0.3) is 0 Å². The molecule has 1 amide bonds. The number of likely N-dealkylation sites (tertiary alicyclic amines) is 1. The van der Waals surface area contributed by atoms with Gasteiger partial charge in [0.25, 0.3) is 5.91 Å². The Morgan fingerprint density at radius 3 is 2.57 bits per heavy atom. The van der Waals surface area contributed by atoms with Gasteiger partial charge >= 0.3 is 0 Å². The largest absolute Gasteiger partial charge is 0.346 e. The van der Waals surface area contributed by atoms with Crippen molar-refractivity contribution >= 4 is 5.91 Å². The summed E-state index contributed by atoms with van der Waals surface area (Å²) in [5.41, 5.74) is 1.45. The number of amides is 1. The van der Waals surface area contributed by atoms with Gasteiger partial charge in [-0.2, -0.15) is 5.10 Å². The standard InChI is InChI=1S/C16H24N4O/c1-10(2)20-8-11(3)15(9-20)17-16(21)14-7-6-13(18-19-14)12-4-5-12/h6-7,10-12,15H,4-5,8-9H2,1-3H3,(H,17,21)/t11-,15-/m0/s1. The molecule has 1 aromatic heterocycles. The van der Waals surface area contributed by atoms with Crippen molar-refractivity contribution in [2.45, 2.75) is 51.6 Å². The van der Waals surface area contributed by atoms with Gasteiger partial charge in [0.2, 0.25) is 0 Å². The molecule has 1 aliphatic carbocycles. The van der Waals surface area contributed by atoms with Crippen molar-refractivity contribution in [1.29, 1.82) is 0 Å². The molecule has 1 aromatic rings. The SMILES string of the molecule is CC(C)N1C[C@H](NC(=O)c2ccc(C3CC3)nn2)[C@@H](C)C1. The first kappa shape index (κ1) is 14.4. The number of nitrogens with zero attached hydrogens (tertiary/aromatic N) is 3. The lowest BCUT2D eigenvalue weighted by Crippen LogP contribution is -2.40. The molecule has 5 nitrogen and oxygen atoms in total. The van der Waals surface area contributed by atoms with Crippen LogP contribution in [0.4, 0.5) is 0 Å². The Bertz CT molecular complexity index is 510. The molecule has 1 aliphatic heterocycles. The zero-order chi connectivity index (χ0) is 15.0. The van der Waals surface area contributed by atoms with Gasteiger partial charge in [-0.1, -0.05) is 6.92 Å². The quantitative estimate of drug-likeness (QED) is 0.918. The first-order chi connectivity index (χ1) is 10.0. The Labute approximate surface area is 126 Å². The molecule has 2 aliphatic rings. The van der Waals surface area contributed by atoms with Crippen molar-refractivity contribution in [3.05, 3.63) is 23.5 Å². The van der Waals surface area contributed by atoms with Crippen LogP contribution in [0.5, 0.6) is 0 Å². The number of hydrogen-bond acceptors (Lipinski definition) is 4. The maximum Gasteiger partial charge on any atom is 0.272 e. The van der Waals surface area contributed by atoms with Gasteiger partial charge in [-0.3, -0.25) is 9.69 Å². The molecular formula is C16H24N4O. The number of rotatable bonds is 4. The summed E-state index contributed by atoms with van der Waals surface area (Å²) in [6.45, 7) is 8.53. The van der Waals surface area contributed by atoms with E-state index in [1.54, 1.807) is 6.07 Å². The third-order valence-corrected chi connectivity index (χ3v) is 4.60. The number of carbonyl (C=O) groups excluding carboxylic acids is 1. The van der Waals surface area contributed by atoms with E-state index >= 15 is 0 Å². The molecule has 1 saturated carbocycles. The lowest BCUT2D eigenvalue weighted by molar-refractivity contribution is 0.0924. The third-order valence-electron chi connectivity index (χ3n) is 4.60. The van der Waals surface area contributed by atoms with Gasteiger partial charge < -0.3 is 5.32 Å². The van der Waals surface area contributed by atoms with Crippen molar-refractivity contribution in [2.75, 3.05) is 13.1 Å². The van der Waals surface area contributed by atoms with Gasteiger partial charge in [0.05, 0.1) is 5.69 Å². The predicted molar refractivity (Wildman–Crippen MR) is 81.1 cm³/mol. The average Bonchev–Trinajstić information content (AvgIpc) is 3.24. The highest BCUT2D eigenvalue weighted by Gasteiger charge is 2.32. The van der Waals surface area contributed by atoms with E-state index in [4.69, 9.17) is 0 Å². The molecule has 1 N–H and O–H groups in total. The molecule has 0 radical (unpaired) electrons. The Balaban J connectivity index is 1.60. The van der Waals surface area contributed by atoms with E-state index in [0.29, 0.717) is 23.6 Å². The van der Waals surface area contributed by atoms with E-state index in [2.05, 4.69) is 41.2 Å². The highest BCUT2D eigenvalue weighted by Crippen LogP contribution is 2.38. The smallest absolute Gasteiger partial charge is 0.272 e. The first-order valence-electron chi connectivity index (χ1n) is 7.93. The lowest BCUT2D eigenvalue weighted by Gasteiger charge is -2.20. The van der Waals surface area contributed by atoms with Crippen molar-refractivity contribution in [2.24, 2.45) is 5.92 Å². The van der Waals surface area contributed by atoms with Crippen molar-refractivity contribution in [3.8, 4) is 0 Å². The van der Waals surface area contributed by atoms with Gasteiger partial charge in [0, 0.05) is 31.1 Å². The third kappa shape index (κ3) is 3.23. The molecule has 0 unspecified atom stereocenters. The van der Waals surface area contributed by atoms with Crippen LogP contribution < -0.4 is 5.32 Å². The number of nitrogens with one attached hydrogen (secondary N) is 1. The summed E-state index contributed by atoms with van der Waals surface area (Å²) in [5, 5.41) is 11.4. The number of hydrogen-bond donors (Lipinski definition) is 1. The molecule has 114 valence electrons. The van der Waals surface area contributed by atoms with E-state index in [-0.39, 0.29) is 11.9 Å². The second kappa shape index (κ2) is 5.72. The monoisotopic (exact) mass is 288 g/mol. The van der Waals surface area contributed by atoms with Crippen LogP contribution >= 0.6 is 0 Å². The van der Waals surface area contributed by atoms with Crippen LogP contribution in [0.3, 0.4) is 0 Å². The Hall–Kier alpha value is -1.49. The second-order valence-electron chi connectivity index (χ2n) is 6.72. The minimum Gasteiger partial charge on any atom is -0.346 e. The summed E-state index contributed by atoms with van der Waals surface area (Å²) in [5.74, 6) is 0.936. The van der Waals surface area contributed by atoms with E-state index in [9.17, 15) is 4.79 Å². The van der Waals surface area contributed by atoms with Crippen molar-refractivity contribution in [1.82, 2.24) is 20.4 Å². The molecule has 0 aromatic carbocycles. The van der Waals surface area contributed by atoms with E-state index in [1.807, 2.05) is 6.07 Å². The van der Waals surface area contributed by atoms with Gasteiger partial charge in [-0.05, 0) is 44.7 Å².